The molecule has 1 aromatic heterocycles. The zero-order valence-electron chi connectivity index (χ0n) is 9.27. The van der Waals surface area contributed by atoms with Crippen LogP contribution in [0.5, 0.6) is 5.75 Å². The Kier molecular flexibility index (Phi) is 2.56. The van der Waals surface area contributed by atoms with Gasteiger partial charge in [0.2, 0.25) is 0 Å². The van der Waals surface area contributed by atoms with Crippen LogP contribution in [-0.4, -0.2) is 14.9 Å². The quantitative estimate of drug-likeness (QED) is 0.811. The molecule has 0 saturated carbocycles. The minimum absolute atomic E-state index is 0.114. The molecule has 0 aliphatic rings. The van der Waals surface area contributed by atoms with Gasteiger partial charge in [0.05, 0.1) is 5.69 Å². The van der Waals surface area contributed by atoms with Crippen LogP contribution in [-0.2, 0) is 0 Å². The van der Waals surface area contributed by atoms with Gasteiger partial charge >= 0.3 is 0 Å². The molecule has 0 amide bonds. The van der Waals surface area contributed by atoms with Gasteiger partial charge in [-0.2, -0.15) is 0 Å². The van der Waals surface area contributed by atoms with Gasteiger partial charge < -0.3 is 5.11 Å². The molecule has 2 rings (SSSR count). The van der Waals surface area contributed by atoms with E-state index in [1.807, 2.05) is 18.5 Å². The van der Waals surface area contributed by atoms with Gasteiger partial charge in [-0.3, -0.25) is 14.6 Å². The zero-order valence-corrected chi connectivity index (χ0v) is 9.27. The monoisotopic (exact) mass is 218 g/mol. The molecule has 0 fully saturated rings. The maximum atomic E-state index is 11.3. The largest absolute Gasteiger partial charge is 0.508 e. The summed E-state index contributed by atoms with van der Waals surface area (Å²) in [5, 5.41) is 12.0. The first kappa shape index (κ1) is 10.5. The van der Waals surface area contributed by atoms with E-state index in [-0.39, 0.29) is 17.4 Å². The van der Waals surface area contributed by atoms with Gasteiger partial charge in [0.1, 0.15) is 5.75 Å². The Morgan fingerprint density at radius 2 is 1.88 bits per heavy atom. The summed E-state index contributed by atoms with van der Waals surface area (Å²) in [6.07, 6.45) is 0. The summed E-state index contributed by atoms with van der Waals surface area (Å²) in [5.41, 5.74) is 1.63. The second kappa shape index (κ2) is 3.89. The molecule has 0 radical (unpaired) electrons. The number of hydrogen-bond donors (Lipinski definition) is 2. The van der Waals surface area contributed by atoms with Crippen LogP contribution >= 0.6 is 0 Å². The number of aromatic nitrogens is 2. The molecule has 2 N–H and O–H groups in total. The van der Waals surface area contributed by atoms with Gasteiger partial charge in [-0.1, -0.05) is 0 Å². The van der Waals surface area contributed by atoms with Gasteiger partial charge in [0.25, 0.3) is 5.56 Å². The molecule has 0 spiro atoms. The Morgan fingerprint density at radius 3 is 2.44 bits per heavy atom. The van der Waals surface area contributed by atoms with Crippen molar-refractivity contribution in [1.82, 2.24) is 9.78 Å². The van der Waals surface area contributed by atoms with Crippen molar-refractivity contribution in [2.75, 3.05) is 0 Å². The maximum absolute atomic E-state index is 11.3. The second-order valence-corrected chi connectivity index (χ2v) is 4.02. The number of benzene rings is 1. The van der Waals surface area contributed by atoms with Crippen LogP contribution in [0.1, 0.15) is 19.9 Å². The predicted molar refractivity (Wildman–Crippen MR) is 62.5 cm³/mol. The minimum atomic E-state index is -0.114. The first-order valence-electron chi connectivity index (χ1n) is 5.19. The van der Waals surface area contributed by atoms with Gasteiger partial charge in [0, 0.05) is 17.7 Å². The number of rotatable bonds is 2. The first-order valence-corrected chi connectivity index (χ1v) is 5.19. The molecule has 0 aliphatic carbocycles. The summed E-state index contributed by atoms with van der Waals surface area (Å²) in [4.78, 5) is 11.3. The number of nitrogens with one attached hydrogen (secondary N) is 1. The lowest BCUT2D eigenvalue weighted by molar-refractivity contribution is 0.475. The van der Waals surface area contributed by atoms with Gasteiger partial charge in [-0.25, -0.2) is 0 Å². The lowest BCUT2D eigenvalue weighted by Crippen LogP contribution is -2.08. The fraction of sp³-hybridized carbons (Fsp3) is 0.250. The van der Waals surface area contributed by atoms with Gasteiger partial charge in [-0.05, 0) is 38.1 Å². The maximum Gasteiger partial charge on any atom is 0.264 e. The Hall–Kier alpha value is -1.97. The highest BCUT2D eigenvalue weighted by Crippen LogP contribution is 2.22. The number of phenolic OH excluding ortho intramolecular Hbond substituents is 1. The summed E-state index contributed by atoms with van der Waals surface area (Å²) in [6.45, 7) is 4.00. The number of aromatic amines is 1. The first-order chi connectivity index (χ1) is 7.58. The fourth-order valence-corrected chi connectivity index (χ4v) is 1.67. The third-order valence-electron chi connectivity index (χ3n) is 2.44. The Labute approximate surface area is 93.1 Å². The highest BCUT2D eigenvalue weighted by Gasteiger charge is 2.09. The highest BCUT2D eigenvalue weighted by molar-refractivity contribution is 5.60. The lowest BCUT2D eigenvalue weighted by Gasteiger charge is -2.11. The fourth-order valence-electron chi connectivity index (χ4n) is 1.67. The molecule has 4 heteroatoms. The smallest absolute Gasteiger partial charge is 0.264 e. The van der Waals surface area contributed by atoms with Crippen molar-refractivity contribution in [3.63, 3.8) is 0 Å². The molecule has 16 heavy (non-hydrogen) atoms. The molecule has 1 aromatic carbocycles. The Morgan fingerprint density at radius 1 is 1.25 bits per heavy atom. The number of nitrogens with zero attached hydrogens (tertiary/aromatic N) is 1. The van der Waals surface area contributed by atoms with Crippen LogP contribution < -0.4 is 5.56 Å². The molecule has 2 aromatic rings. The van der Waals surface area contributed by atoms with Crippen LogP contribution in [0.4, 0.5) is 0 Å². The molecule has 1 heterocycles. The average molecular weight is 218 g/mol. The average Bonchev–Trinajstić information content (AvgIpc) is 2.61. The van der Waals surface area contributed by atoms with Crippen molar-refractivity contribution < 1.29 is 5.11 Å². The van der Waals surface area contributed by atoms with Crippen molar-refractivity contribution in [1.29, 1.82) is 0 Å². The molecular weight excluding hydrogens is 204 g/mol. The predicted octanol–water partition coefficient (Wildman–Crippen LogP) is 2.13. The summed E-state index contributed by atoms with van der Waals surface area (Å²) in [5.74, 6) is 0.220. The van der Waals surface area contributed by atoms with Crippen molar-refractivity contribution in [3.8, 4) is 17.0 Å². The number of H-pyrrole nitrogens is 1. The van der Waals surface area contributed by atoms with E-state index in [4.69, 9.17) is 0 Å². The molecule has 0 aliphatic heterocycles. The van der Waals surface area contributed by atoms with Crippen molar-refractivity contribution in [2.45, 2.75) is 19.9 Å². The number of phenols is 1. The standard InChI is InChI=1S/C12H14N2O2/c1-8(2)14-11(7-12(16)13-14)9-3-5-10(15)6-4-9/h3-8,15H,1-2H3,(H,13,16). The van der Waals surface area contributed by atoms with Crippen LogP contribution in [0.25, 0.3) is 11.3 Å². The van der Waals surface area contributed by atoms with Crippen LogP contribution in [0.15, 0.2) is 35.1 Å². The van der Waals surface area contributed by atoms with E-state index in [1.165, 1.54) is 0 Å². The number of aromatic hydroxyl groups is 1. The SMILES string of the molecule is CC(C)n1[nH]c(=O)cc1-c1ccc(O)cc1. The van der Waals surface area contributed by atoms with E-state index in [0.29, 0.717) is 0 Å². The van der Waals surface area contributed by atoms with E-state index in [2.05, 4.69) is 5.10 Å². The van der Waals surface area contributed by atoms with Crippen LogP contribution in [0.3, 0.4) is 0 Å². The molecule has 0 unspecified atom stereocenters. The third-order valence-corrected chi connectivity index (χ3v) is 2.44. The summed E-state index contributed by atoms with van der Waals surface area (Å²) < 4.78 is 1.81. The Bertz CT molecular complexity index is 535. The van der Waals surface area contributed by atoms with Gasteiger partial charge in [-0.15, -0.1) is 0 Å². The summed E-state index contributed by atoms with van der Waals surface area (Å²) >= 11 is 0. The van der Waals surface area contributed by atoms with Crippen LogP contribution in [0, 0.1) is 0 Å². The normalized spacial score (nSPS) is 10.9. The van der Waals surface area contributed by atoms with E-state index in [0.717, 1.165) is 11.3 Å². The van der Waals surface area contributed by atoms with Crippen molar-refractivity contribution in [2.24, 2.45) is 0 Å². The van der Waals surface area contributed by atoms with Crippen molar-refractivity contribution in [3.05, 3.63) is 40.7 Å². The lowest BCUT2D eigenvalue weighted by atomic mass is 10.1. The van der Waals surface area contributed by atoms with Gasteiger partial charge in [0.15, 0.2) is 0 Å². The molecule has 0 bridgehead atoms. The molecule has 4 nitrogen and oxygen atoms in total. The summed E-state index contributed by atoms with van der Waals surface area (Å²) in [6, 6.07) is 8.54. The molecule has 0 atom stereocenters. The number of hydrogen-bond acceptors (Lipinski definition) is 2. The second-order valence-electron chi connectivity index (χ2n) is 4.02. The van der Waals surface area contributed by atoms with Crippen molar-refractivity contribution >= 4 is 0 Å². The van der Waals surface area contributed by atoms with E-state index < -0.39 is 0 Å². The molecule has 84 valence electrons. The van der Waals surface area contributed by atoms with E-state index >= 15 is 0 Å². The Balaban J connectivity index is 2.55. The van der Waals surface area contributed by atoms with E-state index in [9.17, 15) is 9.90 Å². The summed E-state index contributed by atoms with van der Waals surface area (Å²) in [7, 11) is 0. The topological polar surface area (TPSA) is 58.0 Å². The zero-order chi connectivity index (χ0) is 11.7. The molecular formula is C12H14N2O2. The molecule has 0 saturated heterocycles. The van der Waals surface area contributed by atoms with E-state index in [1.54, 1.807) is 30.3 Å². The minimum Gasteiger partial charge on any atom is -0.508 e. The van der Waals surface area contributed by atoms with Crippen LogP contribution in [0.2, 0.25) is 0 Å². The highest BCUT2D eigenvalue weighted by atomic mass is 16.3. The third kappa shape index (κ3) is 1.86.